The van der Waals surface area contributed by atoms with Crippen molar-refractivity contribution in [2.24, 2.45) is 5.41 Å². The maximum Gasteiger partial charge on any atom is 0.223 e. The highest BCUT2D eigenvalue weighted by Crippen LogP contribution is 2.33. The number of methoxy groups -OCH3 is 2. The van der Waals surface area contributed by atoms with Crippen LogP contribution < -0.4 is 14.2 Å². The summed E-state index contributed by atoms with van der Waals surface area (Å²) in [4.78, 5) is 15.3. The Morgan fingerprint density at radius 3 is 2.57 bits per heavy atom. The first-order valence-corrected chi connectivity index (χ1v) is 12.4. The van der Waals surface area contributed by atoms with E-state index in [1.165, 1.54) is 0 Å². The third kappa shape index (κ3) is 6.67. The summed E-state index contributed by atoms with van der Waals surface area (Å²) in [7, 11) is 3.30. The fraction of sp³-hybridized carbons (Fsp3) is 0.536. The topological polar surface area (TPSA) is 66.5 Å². The molecule has 0 bridgehead atoms. The highest BCUT2D eigenvalue weighted by atomic mass is 16.5. The summed E-state index contributed by atoms with van der Waals surface area (Å²) in [5.41, 5.74) is 2.06. The predicted molar refractivity (Wildman–Crippen MR) is 133 cm³/mol. The molecule has 2 aromatic rings. The SMILES string of the molecule is COc1ccccc1CCC(=O)N(Cc1ccc(OC)c(OCC2(C)COC2)c1)C[C@H]1CCCO1. The van der Waals surface area contributed by atoms with Gasteiger partial charge in [0.2, 0.25) is 5.91 Å². The molecule has 1 atom stereocenters. The van der Waals surface area contributed by atoms with Gasteiger partial charge in [0.25, 0.3) is 0 Å². The Hall–Kier alpha value is -2.77. The van der Waals surface area contributed by atoms with Gasteiger partial charge in [-0.1, -0.05) is 31.2 Å². The third-order valence-corrected chi connectivity index (χ3v) is 6.68. The van der Waals surface area contributed by atoms with Crippen molar-refractivity contribution in [3.8, 4) is 17.2 Å². The van der Waals surface area contributed by atoms with E-state index in [0.29, 0.717) is 57.3 Å². The van der Waals surface area contributed by atoms with Crippen molar-refractivity contribution >= 4 is 5.91 Å². The van der Waals surface area contributed by atoms with Crippen LogP contribution >= 0.6 is 0 Å². The van der Waals surface area contributed by atoms with Gasteiger partial charge in [-0.2, -0.15) is 0 Å². The van der Waals surface area contributed by atoms with Crippen LogP contribution in [-0.2, 0) is 27.2 Å². The molecule has 7 nitrogen and oxygen atoms in total. The molecule has 0 unspecified atom stereocenters. The molecule has 2 aliphatic heterocycles. The summed E-state index contributed by atoms with van der Waals surface area (Å²) in [6.45, 7) is 5.95. The summed E-state index contributed by atoms with van der Waals surface area (Å²) in [5, 5.41) is 0. The molecule has 2 aromatic carbocycles. The van der Waals surface area contributed by atoms with Crippen LogP contribution in [0.5, 0.6) is 17.2 Å². The average molecular weight is 484 g/mol. The minimum absolute atomic E-state index is 0.0291. The van der Waals surface area contributed by atoms with Crippen LogP contribution in [0, 0.1) is 5.41 Å². The summed E-state index contributed by atoms with van der Waals surface area (Å²) < 4.78 is 28.3. The van der Waals surface area contributed by atoms with Gasteiger partial charge in [0.05, 0.1) is 40.1 Å². The highest BCUT2D eigenvalue weighted by Gasteiger charge is 2.34. The first-order valence-electron chi connectivity index (χ1n) is 12.4. The summed E-state index contributed by atoms with van der Waals surface area (Å²) in [5.74, 6) is 2.29. The predicted octanol–water partition coefficient (Wildman–Crippen LogP) is 4.26. The van der Waals surface area contributed by atoms with Gasteiger partial charge in [-0.3, -0.25) is 4.79 Å². The number of carbonyl (C=O) groups is 1. The van der Waals surface area contributed by atoms with Crippen LogP contribution in [0.1, 0.15) is 37.3 Å². The van der Waals surface area contributed by atoms with Gasteiger partial charge in [0, 0.05) is 31.5 Å². The number of nitrogens with zero attached hydrogens (tertiary/aromatic N) is 1. The van der Waals surface area contributed by atoms with Gasteiger partial charge < -0.3 is 28.6 Å². The van der Waals surface area contributed by atoms with Crippen LogP contribution in [0.2, 0.25) is 0 Å². The lowest BCUT2D eigenvalue weighted by atomic mass is 9.90. The molecule has 0 saturated carbocycles. The monoisotopic (exact) mass is 483 g/mol. The van der Waals surface area contributed by atoms with Crippen molar-refractivity contribution in [1.82, 2.24) is 4.90 Å². The Balaban J connectivity index is 1.46. The minimum Gasteiger partial charge on any atom is -0.496 e. The lowest BCUT2D eigenvalue weighted by Gasteiger charge is -2.37. The van der Waals surface area contributed by atoms with Gasteiger partial charge in [-0.25, -0.2) is 0 Å². The van der Waals surface area contributed by atoms with E-state index in [1.807, 2.05) is 47.4 Å². The maximum atomic E-state index is 13.4. The van der Waals surface area contributed by atoms with Crippen molar-refractivity contribution in [2.45, 2.75) is 45.3 Å². The number of rotatable bonds is 12. The Kier molecular flexibility index (Phi) is 8.52. The number of para-hydroxylation sites is 1. The molecule has 0 aromatic heterocycles. The van der Waals surface area contributed by atoms with Crippen molar-refractivity contribution in [2.75, 3.05) is 47.2 Å². The quantitative estimate of drug-likeness (QED) is 0.450. The fourth-order valence-corrected chi connectivity index (χ4v) is 4.54. The smallest absolute Gasteiger partial charge is 0.223 e. The Bertz CT molecular complexity index is 983. The molecule has 2 fully saturated rings. The summed E-state index contributed by atoms with van der Waals surface area (Å²) >= 11 is 0. The van der Waals surface area contributed by atoms with Crippen molar-refractivity contribution in [3.05, 3.63) is 53.6 Å². The van der Waals surface area contributed by atoms with E-state index in [2.05, 4.69) is 6.92 Å². The number of benzene rings is 2. The molecule has 1 amide bonds. The van der Waals surface area contributed by atoms with Gasteiger partial charge in [-0.15, -0.1) is 0 Å². The lowest BCUT2D eigenvalue weighted by Crippen LogP contribution is -2.44. The Morgan fingerprint density at radius 1 is 1.09 bits per heavy atom. The zero-order valence-corrected chi connectivity index (χ0v) is 21.1. The molecule has 7 heteroatoms. The van der Waals surface area contributed by atoms with Crippen molar-refractivity contribution in [3.63, 3.8) is 0 Å². The van der Waals surface area contributed by atoms with Gasteiger partial charge in [0.15, 0.2) is 11.5 Å². The average Bonchev–Trinajstić information content (AvgIpc) is 3.38. The molecule has 190 valence electrons. The molecule has 2 saturated heterocycles. The fourth-order valence-electron chi connectivity index (χ4n) is 4.54. The van der Waals surface area contributed by atoms with Crippen LogP contribution in [-0.4, -0.2) is 64.1 Å². The number of aryl methyl sites for hydroxylation is 1. The second kappa shape index (κ2) is 11.8. The summed E-state index contributed by atoms with van der Waals surface area (Å²) in [6.07, 6.45) is 3.14. The molecule has 35 heavy (non-hydrogen) atoms. The first kappa shape index (κ1) is 25.3. The van der Waals surface area contributed by atoms with E-state index in [0.717, 1.165) is 36.3 Å². The lowest BCUT2D eigenvalue weighted by molar-refractivity contribution is -0.133. The molecule has 0 radical (unpaired) electrons. The van der Waals surface area contributed by atoms with E-state index in [9.17, 15) is 4.79 Å². The molecule has 0 aliphatic carbocycles. The van der Waals surface area contributed by atoms with Crippen molar-refractivity contribution < 1.29 is 28.5 Å². The third-order valence-electron chi connectivity index (χ3n) is 6.68. The summed E-state index contributed by atoms with van der Waals surface area (Å²) in [6, 6.07) is 13.7. The van der Waals surface area contributed by atoms with Crippen LogP contribution in [0.15, 0.2) is 42.5 Å². The van der Waals surface area contributed by atoms with Crippen LogP contribution in [0.25, 0.3) is 0 Å². The molecule has 4 rings (SSSR count). The highest BCUT2D eigenvalue weighted by molar-refractivity contribution is 5.76. The van der Waals surface area contributed by atoms with Crippen LogP contribution in [0.3, 0.4) is 0 Å². The second-order valence-corrected chi connectivity index (χ2v) is 9.80. The standard InChI is InChI=1S/C28H37NO6/c1-28(18-33-19-28)20-35-26-15-21(10-12-25(26)32-3)16-29(17-23-8-6-14-34-23)27(30)13-11-22-7-4-5-9-24(22)31-2/h4-5,7,9-10,12,15,23H,6,8,11,13-14,16-20H2,1-3H3/t23-/m1/s1. The Morgan fingerprint density at radius 2 is 1.89 bits per heavy atom. The maximum absolute atomic E-state index is 13.4. The largest absolute Gasteiger partial charge is 0.496 e. The Labute approximate surface area is 208 Å². The van der Waals surface area contributed by atoms with Gasteiger partial charge >= 0.3 is 0 Å². The normalized spacial score (nSPS) is 18.5. The second-order valence-electron chi connectivity index (χ2n) is 9.80. The van der Waals surface area contributed by atoms with E-state index < -0.39 is 0 Å². The minimum atomic E-state index is 0.0291. The molecule has 0 N–H and O–H groups in total. The van der Waals surface area contributed by atoms with Crippen LogP contribution in [0.4, 0.5) is 0 Å². The van der Waals surface area contributed by atoms with Gasteiger partial charge in [0.1, 0.15) is 5.75 Å². The molecule has 2 heterocycles. The van der Waals surface area contributed by atoms with E-state index >= 15 is 0 Å². The van der Waals surface area contributed by atoms with Crippen molar-refractivity contribution in [1.29, 1.82) is 0 Å². The first-order chi connectivity index (χ1) is 17.0. The number of carbonyl (C=O) groups excluding carboxylic acids is 1. The molecule has 2 aliphatic rings. The number of amides is 1. The number of hydrogen-bond donors (Lipinski definition) is 0. The number of hydrogen-bond acceptors (Lipinski definition) is 6. The van der Waals surface area contributed by atoms with Gasteiger partial charge in [-0.05, 0) is 48.6 Å². The van der Waals surface area contributed by atoms with E-state index in [-0.39, 0.29) is 17.4 Å². The van der Waals surface area contributed by atoms with E-state index in [1.54, 1.807) is 14.2 Å². The molecular formula is C28H37NO6. The number of ether oxygens (including phenoxy) is 5. The molecule has 0 spiro atoms. The zero-order chi connectivity index (χ0) is 24.7. The van der Waals surface area contributed by atoms with E-state index in [4.69, 9.17) is 23.7 Å². The zero-order valence-electron chi connectivity index (χ0n) is 21.1. The molecular weight excluding hydrogens is 446 g/mol.